The molecule has 0 atom stereocenters. The zero-order valence-corrected chi connectivity index (χ0v) is 16.8. The van der Waals surface area contributed by atoms with E-state index in [0.29, 0.717) is 30.8 Å². The van der Waals surface area contributed by atoms with Gasteiger partial charge in [-0.1, -0.05) is 30.3 Å². The average molecular weight is 392 g/mol. The lowest BCUT2D eigenvalue weighted by molar-refractivity contribution is 0.0626. The van der Waals surface area contributed by atoms with Crippen molar-refractivity contribution in [1.82, 2.24) is 19.6 Å². The van der Waals surface area contributed by atoms with Crippen LogP contribution in [0.3, 0.4) is 0 Å². The standard InChI is InChI=1S/C23H25FN4O/c1-17-6-5-8-20(14-17)28-18(2)21(15-25-28)23(29)27-12-10-26(11-13-27)16-19-7-3-4-9-22(19)24/h3-9,14-15H,10-13,16H2,1-2H3. The number of carbonyl (C=O) groups is 1. The molecule has 0 radical (unpaired) electrons. The summed E-state index contributed by atoms with van der Waals surface area (Å²) in [5, 5.41) is 4.44. The fourth-order valence-corrected chi connectivity index (χ4v) is 3.79. The van der Waals surface area contributed by atoms with Gasteiger partial charge in [-0.2, -0.15) is 5.10 Å². The first-order valence-electron chi connectivity index (χ1n) is 9.89. The highest BCUT2D eigenvalue weighted by molar-refractivity contribution is 5.95. The molecule has 1 amide bonds. The number of piperazine rings is 1. The molecule has 29 heavy (non-hydrogen) atoms. The lowest BCUT2D eigenvalue weighted by Crippen LogP contribution is -2.48. The van der Waals surface area contributed by atoms with Crippen molar-refractivity contribution >= 4 is 5.91 Å². The highest BCUT2D eigenvalue weighted by Crippen LogP contribution is 2.18. The average Bonchev–Trinajstić information content (AvgIpc) is 3.11. The Labute approximate surface area is 170 Å². The number of hydrogen-bond donors (Lipinski definition) is 0. The van der Waals surface area contributed by atoms with Crippen molar-refractivity contribution in [2.24, 2.45) is 0 Å². The number of aromatic nitrogens is 2. The van der Waals surface area contributed by atoms with Gasteiger partial charge in [0, 0.05) is 38.3 Å². The predicted octanol–water partition coefficient (Wildman–Crippen LogP) is 3.59. The number of rotatable bonds is 4. The molecule has 0 spiro atoms. The Balaban J connectivity index is 1.42. The second kappa shape index (κ2) is 8.17. The molecule has 1 aliphatic rings. The first kappa shape index (κ1) is 19.3. The second-order valence-corrected chi connectivity index (χ2v) is 7.55. The highest BCUT2D eigenvalue weighted by atomic mass is 19.1. The van der Waals surface area contributed by atoms with Crippen molar-refractivity contribution in [2.75, 3.05) is 26.2 Å². The zero-order valence-electron chi connectivity index (χ0n) is 16.8. The number of carbonyl (C=O) groups excluding carboxylic acids is 1. The number of amides is 1. The van der Waals surface area contributed by atoms with Crippen LogP contribution in [0.2, 0.25) is 0 Å². The SMILES string of the molecule is Cc1cccc(-n2ncc(C(=O)N3CCN(Cc4ccccc4F)CC3)c2C)c1. The Morgan fingerprint density at radius 2 is 1.79 bits per heavy atom. The molecule has 3 aromatic rings. The van der Waals surface area contributed by atoms with Crippen molar-refractivity contribution in [2.45, 2.75) is 20.4 Å². The van der Waals surface area contributed by atoms with Crippen LogP contribution in [0.25, 0.3) is 5.69 Å². The summed E-state index contributed by atoms with van der Waals surface area (Å²) in [6.45, 7) is 7.24. The highest BCUT2D eigenvalue weighted by Gasteiger charge is 2.25. The van der Waals surface area contributed by atoms with Gasteiger partial charge in [-0.3, -0.25) is 9.69 Å². The molecule has 4 rings (SSSR count). The molecule has 1 aromatic heterocycles. The summed E-state index contributed by atoms with van der Waals surface area (Å²) in [7, 11) is 0. The molecule has 0 saturated carbocycles. The first-order valence-corrected chi connectivity index (χ1v) is 9.89. The molecule has 0 N–H and O–H groups in total. The second-order valence-electron chi connectivity index (χ2n) is 7.55. The van der Waals surface area contributed by atoms with Gasteiger partial charge in [0.1, 0.15) is 5.82 Å². The number of aryl methyl sites for hydroxylation is 1. The van der Waals surface area contributed by atoms with Crippen LogP contribution in [-0.4, -0.2) is 51.7 Å². The molecule has 150 valence electrons. The van der Waals surface area contributed by atoms with E-state index in [9.17, 15) is 9.18 Å². The molecular weight excluding hydrogens is 367 g/mol. The minimum absolute atomic E-state index is 0.00643. The normalized spacial score (nSPS) is 14.9. The summed E-state index contributed by atoms with van der Waals surface area (Å²) in [5.41, 5.74) is 4.28. The van der Waals surface area contributed by atoms with E-state index in [4.69, 9.17) is 0 Å². The Kier molecular flexibility index (Phi) is 5.45. The van der Waals surface area contributed by atoms with Crippen molar-refractivity contribution in [3.8, 4) is 5.69 Å². The lowest BCUT2D eigenvalue weighted by atomic mass is 10.1. The Morgan fingerprint density at radius 1 is 1.03 bits per heavy atom. The van der Waals surface area contributed by atoms with Crippen LogP contribution in [0, 0.1) is 19.7 Å². The van der Waals surface area contributed by atoms with Crippen LogP contribution in [0.15, 0.2) is 54.7 Å². The van der Waals surface area contributed by atoms with Crippen molar-refractivity contribution in [1.29, 1.82) is 0 Å². The van der Waals surface area contributed by atoms with E-state index < -0.39 is 0 Å². The van der Waals surface area contributed by atoms with E-state index in [1.54, 1.807) is 12.3 Å². The summed E-state index contributed by atoms with van der Waals surface area (Å²) >= 11 is 0. The first-order chi connectivity index (χ1) is 14.0. The van der Waals surface area contributed by atoms with E-state index in [-0.39, 0.29) is 11.7 Å². The Morgan fingerprint density at radius 3 is 2.52 bits per heavy atom. The minimum Gasteiger partial charge on any atom is -0.336 e. The van der Waals surface area contributed by atoms with Crippen LogP contribution >= 0.6 is 0 Å². The number of benzene rings is 2. The monoisotopic (exact) mass is 392 g/mol. The van der Waals surface area contributed by atoms with Crippen LogP contribution in [0.5, 0.6) is 0 Å². The molecule has 1 saturated heterocycles. The third-order valence-corrected chi connectivity index (χ3v) is 5.50. The Bertz CT molecular complexity index is 1020. The molecule has 2 aromatic carbocycles. The van der Waals surface area contributed by atoms with E-state index >= 15 is 0 Å². The molecule has 0 bridgehead atoms. The van der Waals surface area contributed by atoms with Gasteiger partial charge in [0.05, 0.1) is 23.1 Å². The fraction of sp³-hybridized carbons (Fsp3) is 0.304. The lowest BCUT2D eigenvalue weighted by Gasteiger charge is -2.34. The largest absolute Gasteiger partial charge is 0.336 e. The van der Waals surface area contributed by atoms with Gasteiger partial charge in [0.2, 0.25) is 0 Å². The zero-order chi connectivity index (χ0) is 20.4. The van der Waals surface area contributed by atoms with Gasteiger partial charge in [0.15, 0.2) is 0 Å². The van der Waals surface area contributed by atoms with Gasteiger partial charge in [-0.05, 0) is 37.6 Å². The maximum Gasteiger partial charge on any atom is 0.257 e. The molecule has 0 unspecified atom stereocenters. The van der Waals surface area contributed by atoms with Gasteiger partial charge in [-0.15, -0.1) is 0 Å². The van der Waals surface area contributed by atoms with Gasteiger partial charge >= 0.3 is 0 Å². The minimum atomic E-state index is -0.176. The van der Waals surface area contributed by atoms with E-state index in [2.05, 4.69) is 16.1 Å². The third kappa shape index (κ3) is 4.07. The quantitative estimate of drug-likeness (QED) is 0.681. The molecule has 5 nitrogen and oxygen atoms in total. The van der Waals surface area contributed by atoms with Crippen LogP contribution in [-0.2, 0) is 6.54 Å². The van der Waals surface area contributed by atoms with Crippen molar-refractivity contribution < 1.29 is 9.18 Å². The summed E-state index contributed by atoms with van der Waals surface area (Å²) in [5.74, 6) is -0.169. The molecule has 6 heteroatoms. The van der Waals surface area contributed by atoms with E-state index in [1.807, 2.05) is 53.8 Å². The Hall–Kier alpha value is -2.99. The molecule has 2 heterocycles. The van der Waals surface area contributed by atoms with Crippen LogP contribution < -0.4 is 0 Å². The smallest absolute Gasteiger partial charge is 0.257 e. The number of halogens is 1. The summed E-state index contributed by atoms with van der Waals surface area (Å²) in [4.78, 5) is 17.1. The maximum absolute atomic E-state index is 13.9. The molecule has 1 fully saturated rings. The van der Waals surface area contributed by atoms with E-state index in [1.165, 1.54) is 6.07 Å². The summed E-state index contributed by atoms with van der Waals surface area (Å²) in [6.07, 6.45) is 1.66. The fourth-order valence-electron chi connectivity index (χ4n) is 3.79. The molecule has 0 aliphatic carbocycles. The van der Waals surface area contributed by atoms with Gasteiger partial charge in [-0.25, -0.2) is 9.07 Å². The van der Waals surface area contributed by atoms with Crippen molar-refractivity contribution in [3.05, 3.63) is 82.9 Å². The molecule has 1 aliphatic heterocycles. The van der Waals surface area contributed by atoms with Crippen LogP contribution in [0.1, 0.15) is 27.2 Å². The summed E-state index contributed by atoms with van der Waals surface area (Å²) < 4.78 is 15.7. The van der Waals surface area contributed by atoms with Gasteiger partial charge in [0.25, 0.3) is 5.91 Å². The maximum atomic E-state index is 13.9. The van der Waals surface area contributed by atoms with Crippen LogP contribution in [0.4, 0.5) is 4.39 Å². The van der Waals surface area contributed by atoms with Crippen molar-refractivity contribution in [3.63, 3.8) is 0 Å². The topological polar surface area (TPSA) is 41.4 Å². The van der Waals surface area contributed by atoms with Gasteiger partial charge < -0.3 is 4.90 Å². The molecular formula is C23H25FN4O. The van der Waals surface area contributed by atoms with E-state index in [0.717, 1.165) is 30.0 Å². The number of hydrogen-bond acceptors (Lipinski definition) is 3. The predicted molar refractivity (Wildman–Crippen MR) is 111 cm³/mol. The number of nitrogens with zero attached hydrogens (tertiary/aromatic N) is 4. The third-order valence-electron chi connectivity index (χ3n) is 5.50. The summed E-state index contributed by atoms with van der Waals surface area (Å²) in [6, 6.07) is 14.9.